The van der Waals surface area contributed by atoms with Crippen molar-refractivity contribution in [2.75, 3.05) is 50.1 Å². The van der Waals surface area contributed by atoms with Crippen molar-refractivity contribution in [2.24, 2.45) is 0 Å². The minimum atomic E-state index is 0.300. The summed E-state index contributed by atoms with van der Waals surface area (Å²) in [7, 11) is 4.26. The number of anilines is 2. The lowest BCUT2D eigenvalue weighted by molar-refractivity contribution is 0.257. The molecule has 0 saturated carbocycles. The predicted molar refractivity (Wildman–Crippen MR) is 85.2 cm³/mol. The average molecular weight is 311 g/mol. The maximum absolute atomic E-state index is 6.12. The van der Waals surface area contributed by atoms with Gasteiger partial charge >= 0.3 is 0 Å². The van der Waals surface area contributed by atoms with Crippen LogP contribution in [0.25, 0.3) is 0 Å². The second-order valence-corrected chi connectivity index (χ2v) is 6.44. The first kappa shape index (κ1) is 14.8. The Hall–Kier alpha value is -1.14. The van der Waals surface area contributed by atoms with Gasteiger partial charge in [-0.1, -0.05) is 0 Å². The van der Waals surface area contributed by atoms with Crippen LogP contribution < -0.4 is 9.80 Å². The van der Waals surface area contributed by atoms with Crippen molar-refractivity contribution in [1.29, 1.82) is 0 Å². The molecule has 116 valence electrons. The molecular formula is C14H23ClN6. The van der Waals surface area contributed by atoms with Crippen LogP contribution in [0.3, 0.4) is 0 Å². The second-order valence-electron chi connectivity index (χ2n) is 6.10. The number of aromatic nitrogens is 3. The highest BCUT2D eigenvalue weighted by atomic mass is 35.5. The number of halogens is 1. The molecule has 1 aromatic heterocycles. The molecule has 0 radical (unpaired) electrons. The average Bonchev–Trinajstić information content (AvgIpc) is 3.01. The lowest BCUT2D eigenvalue weighted by atomic mass is 10.1. The van der Waals surface area contributed by atoms with E-state index in [1.165, 1.54) is 19.3 Å². The summed E-state index contributed by atoms with van der Waals surface area (Å²) < 4.78 is 0. The van der Waals surface area contributed by atoms with Crippen molar-refractivity contribution in [3.8, 4) is 0 Å². The van der Waals surface area contributed by atoms with Gasteiger partial charge in [-0.3, -0.25) is 0 Å². The van der Waals surface area contributed by atoms with Gasteiger partial charge in [-0.2, -0.15) is 15.0 Å². The fourth-order valence-electron chi connectivity index (χ4n) is 3.09. The monoisotopic (exact) mass is 310 g/mol. The van der Waals surface area contributed by atoms with E-state index in [0.29, 0.717) is 11.3 Å². The first-order valence-electron chi connectivity index (χ1n) is 7.71. The molecule has 1 atom stereocenters. The highest BCUT2D eigenvalue weighted by Crippen LogP contribution is 2.23. The van der Waals surface area contributed by atoms with Gasteiger partial charge in [-0.15, -0.1) is 0 Å². The van der Waals surface area contributed by atoms with Gasteiger partial charge in [0.15, 0.2) is 0 Å². The lowest BCUT2D eigenvalue weighted by Gasteiger charge is -2.36. The second kappa shape index (κ2) is 6.32. The van der Waals surface area contributed by atoms with Crippen LogP contribution in [0.15, 0.2) is 0 Å². The van der Waals surface area contributed by atoms with Crippen molar-refractivity contribution in [3.63, 3.8) is 0 Å². The van der Waals surface area contributed by atoms with Crippen LogP contribution in [0, 0.1) is 0 Å². The topological polar surface area (TPSA) is 48.4 Å². The third-order valence-corrected chi connectivity index (χ3v) is 4.55. The van der Waals surface area contributed by atoms with Crippen molar-refractivity contribution < 1.29 is 0 Å². The van der Waals surface area contributed by atoms with Crippen LogP contribution in [0.2, 0.25) is 5.28 Å². The molecule has 21 heavy (non-hydrogen) atoms. The Kier molecular flexibility index (Phi) is 4.45. The van der Waals surface area contributed by atoms with Gasteiger partial charge in [0.25, 0.3) is 0 Å². The molecule has 1 unspecified atom stereocenters. The van der Waals surface area contributed by atoms with Crippen LogP contribution in [-0.4, -0.2) is 66.2 Å². The van der Waals surface area contributed by atoms with Crippen LogP contribution in [0.4, 0.5) is 11.9 Å². The summed E-state index contributed by atoms with van der Waals surface area (Å²) in [6.45, 7) is 3.97. The van der Waals surface area contributed by atoms with E-state index in [0.717, 1.165) is 44.5 Å². The normalized spacial score (nSPS) is 23.1. The largest absolute Gasteiger partial charge is 0.341 e. The van der Waals surface area contributed by atoms with Gasteiger partial charge in [0, 0.05) is 32.2 Å². The Morgan fingerprint density at radius 1 is 0.952 bits per heavy atom. The fraction of sp³-hybridized carbons (Fsp3) is 0.786. The summed E-state index contributed by atoms with van der Waals surface area (Å²) in [5, 5.41) is 0.300. The van der Waals surface area contributed by atoms with Gasteiger partial charge in [0.2, 0.25) is 17.2 Å². The summed E-state index contributed by atoms with van der Waals surface area (Å²) in [4.78, 5) is 20.0. The maximum atomic E-state index is 6.12. The molecule has 3 rings (SSSR count). The fourth-order valence-corrected chi connectivity index (χ4v) is 3.24. The van der Waals surface area contributed by atoms with E-state index >= 15 is 0 Å². The van der Waals surface area contributed by atoms with Gasteiger partial charge in [-0.05, 0) is 51.4 Å². The van der Waals surface area contributed by atoms with Gasteiger partial charge in [-0.25, -0.2) is 0 Å². The van der Waals surface area contributed by atoms with Gasteiger partial charge < -0.3 is 14.7 Å². The number of nitrogens with zero attached hydrogens (tertiary/aromatic N) is 6. The highest BCUT2D eigenvalue weighted by molar-refractivity contribution is 6.28. The first-order valence-corrected chi connectivity index (χ1v) is 8.09. The van der Waals surface area contributed by atoms with Crippen LogP contribution in [0.1, 0.15) is 25.7 Å². The van der Waals surface area contributed by atoms with Crippen molar-refractivity contribution >= 4 is 23.5 Å². The van der Waals surface area contributed by atoms with E-state index in [4.69, 9.17) is 11.6 Å². The maximum Gasteiger partial charge on any atom is 0.231 e. The summed E-state index contributed by atoms with van der Waals surface area (Å²) in [6, 6.07) is 0.546. The Morgan fingerprint density at radius 3 is 2.24 bits per heavy atom. The molecule has 0 N–H and O–H groups in total. The molecule has 0 amide bonds. The Morgan fingerprint density at radius 2 is 1.57 bits per heavy atom. The van der Waals surface area contributed by atoms with E-state index in [-0.39, 0.29) is 0 Å². The summed E-state index contributed by atoms with van der Waals surface area (Å²) in [5.41, 5.74) is 0. The van der Waals surface area contributed by atoms with Crippen LogP contribution >= 0.6 is 11.6 Å². The zero-order valence-corrected chi connectivity index (χ0v) is 13.6. The van der Waals surface area contributed by atoms with Crippen LogP contribution in [0.5, 0.6) is 0 Å². The molecule has 2 aliphatic rings. The SMILES string of the molecule is CN(C)C1CCCN(c2nc(Cl)nc(N3CCCC3)n2)C1. The molecule has 0 aliphatic carbocycles. The number of hydrogen-bond donors (Lipinski definition) is 0. The quantitative estimate of drug-likeness (QED) is 0.846. The molecule has 2 fully saturated rings. The lowest BCUT2D eigenvalue weighted by Crippen LogP contribution is -2.45. The minimum absolute atomic E-state index is 0.300. The number of hydrogen-bond acceptors (Lipinski definition) is 6. The predicted octanol–water partition coefficient (Wildman–Crippen LogP) is 1.66. The molecular weight excluding hydrogens is 288 g/mol. The van der Waals surface area contributed by atoms with E-state index in [1.54, 1.807) is 0 Å². The summed E-state index contributed by atoms with van der Waals surface area (Å²) in [5.74, 6) is 1.46. The standard InChI is InChI=1S/C14H23ClN6/c1-19(2)11-6-5-9-21(10-11)14-17-12(15)16-13(18-14)20-7-3-4-8-20/h11H,3-10H2,1-2H3. The molecule has 0 spiro atoms. The Balaban J connectivity index is 1.80. The molecule has 0 bridgehead atoms. The summed E-state index contributed by atoms with van der Waals surface area (Å²) >= 11 is 6.12. The van der Waals surface area contributed by atoms with Gasteiger partial charge in [0.05, 0.1) is 0 Å². The molecule has 6 nitrogen and oxygen atoms in total. The number of rotatable bonds is 3. The van der Waals surface area contributed by atoms with Gasteiger partial charge in [0.1, 0.15) is 0 Å². The molecule has 3 heterocycles. The van der Waals surface area contributed by atoms with Crippen molar-refractivity contribution in [3.05, 3.63) is 5.28 Å². The number of piperidine rings is 1. The minimum Gasteiger partial charge on any atom is -0.341 e. The third-order valence-electron chi connectivity index (χ3n) is 4.38. The Labute approximate surface area is 131 Å². The highest BCUT2D eigenvalue weighted by Gasteiger charge is 2.25. The van der Waals surface area contributed by atoms with Crippen LogP contribution in [-0.2, 0) is 0 Å². The summed E-state index contributed by atoms with van der Waals surface area (Å²) in [6.07, 6.45) is 4.78. The zero-order chi connectivity index (χ0) is 14.8. The molecule has 7 heteroatoms. The molecule has 2 aliphatic heterocycles. The first-order chi connectivity index (χ1) is 10.1. The molecule has 0 aromatic carbocycles. The van der Waals surface area contributed by atoms with Crippen molar-refractivity contribution in [2.45, 2.75) is 31.7 Å². The molecule has 1 aromatic rings. The number of likely N-dealkylation sites (N-methyl/N-ethyl adjacent to an activating group) is 1. The van der Waals surface area contributed by atoms with E-state index in [9.17, 15) is 0 Å². The van der Waals surface area contributed by atoms with E-state index < -0.39 is 0 Å². The van der Waals surface area contributed by atoms with E-state index in [1.807, 2.05) is 0 Å². The molecule has 2 saturated heterocycles. The Bertz CT molecular complexity index is 488. The van der Waals surface area contributed by atoms with Crippen molar-refractivity contribution in [1.82, 2.24) is 19.9 Å². The zero-order valence-electron chi connectivity index (χ0n) is 12.8. The van der Waals surface area contributed by atoms with E-state index in [2.05, 4.69) is 43.7 Å². The third kappa shape index (κ3) is 3.37. The smallest absolute Gasteiger partial charge is 0.231 e.